The Hall–Kier alpha value is -0.360. The van der Waals surface area contributed by atoms with Crippen LogP contribution >= 0.6 is 0 Å². The molecule has 1 fully saturated rings. The lowest BCUT2D eigenvalue weighted by Gasteiger charge is -2.39. The second kappa shape index (κ2) is 7.43. The monoisotopic (exact) mass is 284 g/mol. The standard InChI is InChI=1S/C10H20O9/c11-1-4(13)5(14)3-18-10-9(17)8(16)7(15)6(2-12)19-10/h4-17H,1-3H2. The van der Waals surface area contributed by atoms with Crippen molar-refractivity contribution in [2.45, 2.75) is 42.9 Å². The van der Waals surface area contributed by atoms with Gasteiger partial charge in [0.2, 0.25) is 0 Å². The third kappa shape index (κ3) is 4.05. The summed E-state index contributed by atoms with van der Waals surface area (Å²) in [5.74, 6) is 0. The Morgan fingerprint density at radius 1 is 0.947 bits per heavy atom. The third-order valence-electron chi connectivity index (χ3n) is 2.91. The highest BCUT2D eigenvalue weighted by Gasteiger charge is 2.44. The van der Waals surface area contributed by atoms with Crippen molar-refractivity contribution in [1.82, 2.24) is 0 Å². The third-order valence-corrected chi connectivity index (χ3v) is 2.91. The van der Waals surface area contributed by atoms with E-state index in [1.165, 1.54) is 0 Å². The molecule has 19 heavy (non-hydrogen) atoms. The van der Waals surface area contributed by atoms with E-state index in [9.17, 15) is 20.4 Å². The zero-order chi connectivity index (χ0) is 14.6. The molecule has 9 heteroatoms. The molecule has 7 unspecified atom stereocenters. The van der Waals surface area contributed by atoms with Gasteiger partial charge < -0.3 is 45.2 Å². The first-order valence-electron chi connectivity index (χ1n) is 5.81. The second-order valence-corrected chi connectivity index (χ2v) is 4.35. The molecule has 1 rings (SSSR count). The van der Waals surface area contributed by atoms with E-state index in [4.69, 9.17) is 24.8 Å². The van der Waals surface area contributed by atoms with Crippen LogP contribution in [0, 0.1) is 0 Å². The molecule has 0 saturated carbocycles. The average molecular weight is 284 g/mol. The summed E-state index contributed by atoms with van der Waals surface area (Å²) >= 11 is 0. The topological polar surface area (TPSA) is 160 Å². The molecule has 114 valence electrons. The van der Waals surface area contributed by atoms with E-state index < -0.39 is 62.7 Å². The van der Waals surface area contributed by atoms with Gasteiger partial charge in [0.15, 0.2) is 6.29 Å². The molecule has 9 nitrogen and oxygen atoms in total. The Morgan fingerprint density at radius 2 is 1.58 bits per heavy atom. The maximum absolute atomic E-state index is 9.59. The van der Waals surface area contributed by atoms with Crippen molar-refractivity contribution < 1.29 is 45.2 Å². The number of hydrogen-bond acceptors (Lipinski definition) is 9. The molecule has 1 aliphatic heterocycles. The van der Waals surface area contributed by atoms with Crippen LogP contribution in [0.25, 0.3) is 0 Å². The van der Waals surface area contributed by atoms with Gasteiger partial charge in [-0.05, 0) is 0 Å². The summed E-state index contributed by atoms with van der Waals surface area (Å²) in [4.78, 5) is 0. The van der Waals surface area contributed by atoms with Gasteiger partial charge in [-0.1, -0.05) is 0 Å². The SMILES string of the molecule is OCC(O)C(O)COC1OC(CO)C(O)C(O)C1O. The fraction of sp³-hybridized carbons (Fsp3) is 1.00. The highest BCUT2D eigenvalue weighted by Crippen LogP contribution is 2.22. The smallest absolute Gasteiger partial charge is 0.186 e. The first-order valence-corrected chi connectivity index (χ1v) is 5.81. The number of aliphatic hydroxyl groups is 7. The Morgan fingerprint density at radius 3 is 2.11 bits per heavy atom. The van der Waals surface area contributed by atoms with Crippen LogP contribution in [0.15, 0.2) is 0 Å². The fourth-order valence-corrected chi connectivity index (χ4v) is 1.63. The highest BCUT2D eigenvalue weighted by molar-refractivity contribution is 4.89. The second-order valence-electron chi connectivity index (χ2n) is 4.35. The van der Waals surface area contributed by atoms with Crippen molar-refractivity contribution in [2.75, 3.05) is 19.8 Å². The van der Waals surface area contributed by atoms with Crippen LogP contribution in [0.3, 0.4) is 0 Å². The molecule has 0 bridgehead atoms. The van der Waals surface area contributed by atoms with Gasteiger partial charge in [0.25, 0.3) is 0 Å². The van der Waals surface area contributed by atoms with E-state index in [1.54, 1.807) is 0 Å². The minimum Gasteiger partial charge on any atom is -0.394 e. The van der Waals surface area contributed by atoms with Crippen LogP contribution in [0.1, 0.15) is 0 Å². The molecular formula is C10H20O9. The zero-order valence-electron chi connectivity index (χ0n) is 10.1. The Balaban J connectivity index is 2.52. The maximum Gasteiger partial charge on any atom is 0.186 e. The molecule has 0 aromatic rings. The summed E-state index contributed by atoms with van der Waals surface area (Å²) in [6, 6.07) is 0. The minimum atomic E-state index is -1.57. The Kier molecular flexibility index (Phi) is 6.53. The highest BCUT2D eigenvalue weighted by atomic mass is 16.7. The van der Waals surface area contributed by atoms with Gasteiger partial charge in [-0.25, -0.2) is 0 Å². The zero-order valence-corrected chi connectivity index (χ0v) is 10.1. The molecular weight excluding hydrogens is 264 g/mol. The van der Waals surface area contributed by atoms with E-state index in [1.807, 2.05) is 0 Å². The van der Waals surface area contributed by atoms with Crippen LogP contribution in [0.2, 0.25) is 0 Å². The summed E-state index contributed by atoms with van der Waals surface area (Å²) in [5, 5.41) is 64.5. The number of aliphatic hydroxyl groups excluding tert-OH is 7. The van der Waals surface area contributed by atoms with Gasteiger partial charge in [-0.2, -0.15) is 0 Å². The van der Waals surface area contributed by atoms with Crippen molar-refractivity contribution in [3.8, 4) is 0 Å². The largest absolute Gasteiger partial charge is 0.394 e. The van der Waals surface area contributed by atoms with Crippen molar-refractivity contribution >= 4 is 0 Å². The molecule has 0 amide bonds. The lowest BCUT2D eigenvalue weighted by Crippen LogP contribution is -2.59. The molecule has 0 radical (unpaired) electrons. The fourth-order valence-electron chi connectivity index (χ4n) is 1.63. The van der Waals surface area contributed by atoms with Crippen LogP contribution in [-0.4, -0.2) is 98.5 Å². The lowest BCUT2D eigenvalue weighted by molar-refractivity contribution is -0.306. The molecule has 1 aliphatic rings. The van der Waals surface area contributed by atoms with E-state index in [-0.39, 0.29) is 0 Å². The molecule has 0 spiro atoms. The summed E-state index contributed by atoms with van der Waals surface area (Å²) in [5.41, 5.74) is 0. The molecule has 0 aliphatic carbocycles. The van der Waals surface area contributed by atoms with Gasteiger partial charge in [0.05, 0.1) is 19.8 Å². The molecule has 7 N–H and O–H groups in total. The number of hydrogen-bond donors (Lipinski definition) is 7. The van der Waals surface area contributed by atoms with Crippen LogP contribution in [0.4, 0.5) is 0 Å². The van der Waals surface area contributed by atoms with Gasteiger partial charge >= 0.3 is 0 Å². The van der Waals surface area contributed by atoms with E-state index >= 15 is 0 Å². The molecule has 0 aromatic carbocycles. The van der Waals surface area contributed by atoms with Crippen LogP contribution in [0.5, 0.6) is 0 Å². The first kappa shape index (κ1) is 16.7. The molecule has 1 heterocycles. The summed E-state index contributed by atoms with van der Waals surface area (Å²) in [6.45, 7) is -1.73. The quantitative estimate of drug-likeness (QED) is 0.255. The average Bonchev–Trinajstić information content (AvgIpc) is 2.42. The minimum absolute atomic E-state index is 0.468. The Labute approximate surface area is 109 Å². The van der Waals surface area contributed by atoms with Crippen LogP contribution < -0.4 is 0 Å². The van der Waals surface area contributed by atoms with Crippen LogP contribution in [-0.2, 0) is 9.47 Å². The van der Waals surface area contributed by atoms with Gasteiger partial charge in [-0.15, -0.1) is 0 Å². The maximum atomic E-state index is 9.59. The van der Waals surface area contributed by atoms with Crippen molar-refractivity contribution in [2.24, 2.45) is 0 Å². The summed E-state index contributed by atoms with van der Waals surface area (Å²) in [7, 11) is 0. The van der Waals surface area contributed by atoms with Crippen molar-refractivity contribution in [1.29, 1.82) is 0 Å². The van der Waals surface area contributed by atoms with Gasteiger partial charge in [-0.3, -0.25) is 0 Å². The summed E-state index contributed by atoms with van der Waals surface area (Å²) < 4.78 is 9.96. The normalized spacial score (nSPS) is 39.0. The van der Waals surface area contributed by atoms with E-state index in [0.29, 0.717) is 0 Å². The van der Waals surface area contributed by atoms with Crippen molar-refractivity contribution in [3.05, 3.63) is 0 Å². The Bertz CT molecular complexity index is 261. The predicted octanol–water partition coefficient (Wildman–Crippen LogP) is -4.48. The number of rotatable bonds is 6. The molecule has 7 atom stereocenters. The summed E-state index contributed by atoms with van der Waals surface area (Å²) in [6.07, 6.45) is -9.94. The predicted molar refractivity (Wildman–Crippen MR) is 58.8 cm³/mol. The van der Waals surface area contributed by atoms with Gasteiger partial charge in [0.1, 0.15) is 36.6 Å². The molecule has 1 saturated heterocycles. The van der Waals surface area contributed by atoms with Crippen molar-refractivity contribution in [3.63, 3.8) is 0 Å². The van der Waals surface area contributed by atoms with Gasteiger partial charge in [0, 0.05) is 0 Å². The van der Waals surface area contributed by atoms with E-state index in [0.717, 1.165) is 0 Å². The lowest BCUT2D eigenvalue weighted by atomic mass is 9.99. The molecule has 0 aromatic heterocycles. The van der Waals surface area contributed by atoms with E-state index in [2.05, 4.69) is 0 Å². The first-order chi connectivity index (χ1) is 8.92. The number of ether oxygens (including phenoxy) is 2.